The lowest BCUT2D eigenvalue weighted by Gasteiger charge is -2.24. The summed E-state index contributed by atoms with van der Waals surface area (Å²) in [5, 5.41) is 2.14. The second-order valence-corrected chi connectivity index (χ2v) is 8.25. The van der Waals surface area contributed by atoms with E-state index in [1.807, 2.05) is 42.5 Å². The molecule has 2 aromatic carbocycles. The Morgan fingerprint density at radius 2 is 1.83 bits per heavy atom. The molecule has 130 valence electrons. The van der Waals surface area contributed by atoms with Crippen molar-refractivity contribution in [1.29, 1.82) is 0 Å². The van der Waals surface area contributed by atoms with Gasteiger partial charge in [-0.15, -0.1) is 0 Å². The van der Waals surface area contributed by atoms with Crippen LogP contribution in [0.3, 0.4) is 0 Å². The largest absolute Gasteiger partial charge is 0.484 e. The molecule has 0 aliphatic carbocycles. The fraction of sp³-hybridized carbons (Fsp3) is 0.389. The molecule has 0 saturated heterocycles. The highest BCUT2D eigenvalue weighted by Crippen LogP contribution is 2.20. The third-order valence-corrected chi connectivity index (χ3v) is 5.94. The maximum atomic E-state index is 12.2. The Morgan fingerprint density at radius 1 is 1.17 bits per heavy atom. The molecule has 1 amide bonds. The second-order valence-electron chi connectivity index (χ2n) is 5.85. The molecule has 0 aromatic heterocycles. The van der Waals surface area contributed by atoms with Gasteiger partial charge in [-0.1, -0.05) is 37.3 Å². The summed E-state index contributed by atoms with van der Waals surface area (Å²) >= 11 is 0. The van der Waals surface area contributed by atoms with Crippen molar-refractivity contribution in [1.82, 2.24) is 4.90 Å². The van der Waals surface area contributed by atoms with Crippen LogP contribution >= 0.6 is 0 Å². The second kappa shape index (κ2) is 7.66. The van der Waals surface area contributed by atoms with E-state index in [1.54, 1.807) is 20.9 Å². The van der Waals surface area contributed by atoms with Crippen molar-refractivity contribution in [3.8, 4) is 5.75 Å². The number of carbonyl (C=O) groups excluding carboxylic acids is 1. The summed E-state index contributed by atoms with van der Waals surface area (Å²) in [6.07, 6.45) is 0. The van der Waals surface area contributed by atoms with Gasteiger partial charge in [-0.3, -0.25) is 4.79 Å². The molecule has 0 aliphatic heterocycles. The van der Waals surface area contributed by atoms with Gasteiger partial charge in [0.05, 0.1) is 5.75 Å². The average molecular weight is 349 g/mol. The Hall–Kier alpha value is -2.08. The molecule has 0 N–H and O–H groups in total. The van der Waals surface area contributed by atoms with Crippen molar-refractivity contribution in [3.63, 3.8) is 0 Å². The van der Waals surface area contributed by atoms with Gasteiger partial charge in [0, 0.05) is 18.8 Å². The summed E-state index contributed by atoms with van der Waals surface area (Å²) < 4.78 is 28.9. The molecular formula is C18H23NO4S. The quantitative estimate of drug-likeness (QED) is 0.770. The molecule has 0 fully saturated rings. The number of ether oxygens (including phenoxy) is 1. The van der Waals surface area contributed by atoms with Crippen LogP contribution in [0.25, 0.3) is 10.8 Å². The van der Waals surface area contributed by atoms with E-state index in [0.29, 0.717) is 5.75 Å². The number of hydrogen-bond donors (Lipinski definition) is 0. The highest BCUT2D eigenvalue weighted by atomic mass is 32.2. The molecule has 0 aliphatic rings. The van der Waals surface area contributed by atoms with Gasteiger partial charge < -0.3 is 9.64 Å². The summed E-state index contributed by atoms with van der Waals surface area (Å²) in [7, 11) is -1.52. The summed E-state index contributed by atoms with van der Waals surface area (Å²) in [5.74, 6) is 0.403. The Labute approximate surface area is 143 Å². The number of amides is 1. The first-order valence-electron chi connectivity index (χ1n) is 7.90. The molecular weight excluding hydrogens is 326 g/mol. The zero-order chi connectivity index (χ0) is 17.7. The van der Waals surface area contributed by atoms with Crippen molar-refractivity contribution < 1.29 is 17.9 Å². The Morgan fingerprint density at radius 3 is 2.50 bits per heavy atom. The standard InChI is InChI=1S/C18H23NO4S/c1-4-24(21,22)13-14(2)19(3)18(20)12-23-17-10-9-15-7-5-6-8-16(15)11-17/h5-11,14H,4,12-13H2,1-3H3/t14-/m1/s1. The number of nitrogens with zero attached hydrogens (tertiary/aromatic N) is 1. The van der Waals surface area contributed by atoms with Crippen LogP contribution in [0.5, 0.6) is 5.75 Å². The first kappa shape index (κ1) is 18.3. The Balaban J connectivity index is 1.95. The number of fused-ring (bicyclic) bond motifs is 1. The van der Waals surface area contributed by atoms with Crippen LogP contribution in [0.15, 0.2) is 42.5 Å². The van der Waals surface area contributed by atoms with Crippen LogP contribution in [0, 0.1) is 0 Å². The van der Waals surface area contributed by atoms with Gasteiger partial charge >= 0.3 is 0 Å². The molecule has 0 heterocycles. The van der Waals surface area contributed by atoms with Crippen molar-refractivity contribution in [3.05, 3.63) is 42.5 Å². The molecule has 0 bridgehead atoms. The fourth-order valence-electron chi connectivity index (χ4n) is 2.35. The third kappa shape index (κ3) is 4.71. The van der Waals surface area contributed by atoms with Gasteiger partial charge in [0.15, 0.2) is 16.4 Å². The van der Waals surface area contributed by atoms with E-state index in [1.165, 1.54) is 4.90 Å². The van der Waals surface area contributed by atoms with E-state index >= 15 is 0 Å². The molecule has 6 heteroatoms. The van der Waals surface area contributed by atoms with E-state index in [-0.39, 0.29) is 30.1 Å². The van der Waals surface area contributed by atoms with Gasteiger partial charge in [0.2, 0.25) is 0 Å². The molecule has 2 rings (SSSR count). The minimum absolute atomic E-state index is 0.0400. The lowest BCUT2D eigenvalue weighted by Crippen LogP contribution is -2.42. The first-order chi connectivity index (χ1) is 11.3. The molecule has 2 aromatic rings. The van der Waals surface area contributed by atoms with E-state index in [0.717, 1.165) is 10.8 Å². The lowest BCUT2D eigenvalue weighted by atomic mass is 10.1. The number of likely N-dealkylation sites (N-methyl/N-ethyl adjacent to an activating group) is 1. The molecule has 5 nitrogen and oxygen atoms in total. The topological polar surface area (TPSA) is 63.7 Å². The van der Waals surface area contributed by atoms with Crippen LogP contribution in [0.4, 0.5) is 0 Å². The lowest BCUT2D eigenvalue weighted by molar-refractivity contribution is -0.133. The highest BCUT2D eigenvalue weighted by Gasteiger charge is 2.21. The van der Waals surface area contributed by atoms with Crippen LogP contribution in [-0.4, -0.2) is 50.4 Å². The zero-order valence-corrected chi connectivity index (χ0v) is 15.0. The molecule has 0 unspecified atom stereocenters. The van der Waals surface area contributed by atoms with Crippen molar-refractivity contribution in [2.75, 3.05) is 25.2 Å². The summed E-state index contributed by atoms with van der Waals surface area (Å²) in [4.78, 5) is 13.6. The van der Waals surface area contributed by atoms with Gasteiger partial charge in [-0.25, -0.2) is 8.42 Å². The fourth-order valence-corrected chi connectivity index (χ4v) is 3.54. The van der Waals surface area contributed by atoms with Gasteiger partial charge in [0.1, 0.15) is 5.75 Å². The van der Waals surface area contributed by atoms with Crippen molar-refractivity contribution in [2.45, 2.75) is 19.9 Å². The maximum Gasteiger partial charge on any atom is 0.260 e. The predicted octanol–water partition coefficient (Wildman–Crippen LogP) is 2.50. The van der Waals surface area contributed by atoms with E-state index in [4.69, 9.17) is 4.74 Å². The maximum absolute atomic E-state index is 12.2. The first-order valence-corrected chi connectivity index (χ1v) is 9.72. The van der Waals surface area contributed by atoms with Crippen molar-refractivity contribution in [2.24, 2.45) is 0 Å². The number of rotatable bonds is 7. The minimum Gasteiger partial charge on any atom is -0.484 e. The van der Waals surface area contributed by atoms with Gasteiger partial charge in [-0.05, 0) is 29.8 Å². The molecule has 24 heavy (non-hydrogen) atoms. The van der Waals surface area contributed by atoms with Crippen LogP contribution < -0.4 is 4.74 Å². The number of carbonyl (C=O) groups is 1. The molecule has 0 radical (unpaired) electrons. The van der Waals surface area contributed by atoms with E-state index < -0.39 is 9.84 Å². The van der Waals surface area contributed by atoms with Crippen LogP contribution in [0.1, 0.15) is 13.8 Å². The van der Waals surface area contributed by atoms with Crippen LogP contribution in [0.2, 0.25) is 0 Å². The van der Waals surface area contributed by atoms with Crippen molar-refractivity contribution >= 4 is 26.5 Å². The number of sulfone groups is 1. The molecule has 1 atom stereocenters. The third-order valence-electron chi connectivity index (χ3n) is 4.07. The molecule has 0 saturated carbocycles. The Kier molecular flexibility index (Phi) is 5.83. The number of hydrogen-bond acceptors (Lipinski definition) is 4. The summed E-state index contributed by atoms with van der Waals surface area (Å²) in [5.41, 5.74) is 0. The number of benzene rings is 2. The van der Waals surface area contributed by atoms with Gasteiger partial charge in [-0.2, -0.15) is 0 Å². The average Bonchev–Trinajstić information content (AvgIpc) is 2.58. The smallest absolute Gasteiger partial charge is 0.260 e. The van der Waals surface area contributed by atoms with Crippen LogP contribution in [-0.2, 0) is 14.6 Å². The monoisotopic (exact) mass is 349 g/mol. The predicted molar refractivity (Wildman–Crippen MR) is 96.0 cm³/mol. The molecule has 0 spiro atoms. The summed E-state index contributed by atoms with van der Waals surface area (Å²) in [6.45, 7) is 3.21. The zero-order valence-electron chi connectivity index (χ0n) is 14.2. The van der Waals surface area contributed by atoms with E-state index in [2.05, 4.69) is 0 Å². The normalized spacial score (nSPS) is 12.8. The van der Waals surface area contributed by atoms with E-state index in [9.17, 15) is 13.2 Å². The highest BCUT2D eigenvalue weighted by molar-refractivity contribution is 7.91. The van der Waals surface area contributed by atoms with Gasteiger partial charge in [0.25, 0.3) is 5.91 Å². The summed E-state index contributed by atoms with van der Waals surface area (Å²) in [6, 6.07) is 13.2. The Bertz CT molecular complexity index is 817. The SMILES string of the molecule is CCS(=O)(=O)C[C@@H](C)N(C)C(=O)COc1ccc2ccccc2c1. The minimum atomic E-state index is -3.12.